The van der Waals surface area contributed by atoms with Crippen molar-refractivity contribution in [1.82, 2.24) is 9.55 Å². The van der Waals surface area contributed by atoms with Crippen LogP contribution in [-0.4, -0.2) is 72.2 Å². The van der Waals surface area contributed by atoms with Gasteiger partial charge in [-0.05, 0) is 36.4 Å². The number of esters is 1. The van der Waals surface area contributed by atoms with Gasteiger partial charge in [0, 0.05) is 12.3 Å². The molecule has 3 aromatic rings. The summed E-state index contributed by atoms with van der Waals surface area (Å²) >= 11 is 0. The topological polar surface area (TPSA) is 306 Å². The molecule has 0 radical (unpaired) electrons. The summed E-state index contributed by atoms with van der Waals surface area (Å²) < 4.78 is 82.5. The smallest absolute Gasteiger partial charge is 0.490 e. The Balaban J connectivity index is 1.44. The van der Waals surface area contributed by atoms with E-state index in [-0.39, 0.29) is 11.3 Å². The van der Waals surface area contributed by atoms with Crippen LogP contribution in [0.25, 0.3) is 0 Å². The normalized spacial score (nSPS) is 24.4. The second-order valence-corrected chi connectivity index (χ2v) is 16.1. The standard InChI is InChI=1S/C23H26N2O19P4/c1-38-15-7-9-16(10-8-15)45(30,31)42-47(34,35)44-48(36,37)43-46(32,33)39-13-17-19(27)20(41-22(28)14-5-3-2-4-6-14)21(40-17)25-12-11-18(26)24-23(25)29/h2-12,17,19-21,27H,13H2,1H3,(H,30,31)(H,32,33)(H,34,35)(H,36,37)(H,24,26,29). The van der Waals surface area contributed by atoms with Gasteiger partial charge in [-0.3, -0.25) is 23.4 Å². The van der Waals surface area contributed by atoms with Gasteiger partial charge in [-0.25, -0.2) is 27.6 Å². The number of aromatic amines is 1. The van der Waals surface area contributed by atoms with Crippen LogP contribution >= 0.6 is 31.1 Å². The van der Waals surface area contributed by atoms with E-state index in [1.807, 2.05) is 4.98 Å². The molecule has 0 amide bonds. The van der Waals surface area contributed by atoms with Gasteiger partial charge in [0.25, 0.3) is 5.56 Å². The van der Waals surface area contributed by atoms with E-state index in [1.165, 1.54) is 43.5 Å². The fourth-order valence-corrected chi connectivity index (χ4v) is 9.45. The van der Waals surface area contributed by atoms with Crippen molar-refractivity contribution in [3.63, 3.8) is 0 Å². The number of aliphatic hydroxyl groups is 1. The molecule has 0 saturated carbocycles. The number of rotatable bonds is 14. The Morgan fingerprint density at radius 2 is 1.48 bits per heavy atom. The van der Waals surface area contributed by atoms with E-state index in [0.717, 1.165) is 29.0 Å². The highest BCUT2D eigenvalue weighted by atomic mass is 31.3. The van der Waals surface area contributed by atoms with Gasteiger partial charge in [0.2, 0.25) is 0 Å². The van der Waals surface area contributed by atoms with Gasteiger partial charge in [0.15, 0.2) is 12.3 Å². The highest BCUT2D eigenvalue weighted by molar-refractivity contribution is 7.73. The third kappa shape index (κ3) is 9.75. The Hall–Kier alpha value is -3.09. The molecule has 25 heteroatoms. The summed E-state index contributed by atoms with van der Waals surface area (Å²) in [5, 5.41) is 10.3. The van der Waals surface area contributed by atoms with Gasteiger partial charge in [-0.15, -0.1) is 0 Å². The van der Waals surface area contributed by atoms with Crippen LogP contribution in [0.4, 0.5) is 0 Å². The molecule has 0 aliphatic carbocycles. The van der Waals surface area contributed by atoms with Crippen LogP contribution in [-0.2, 0) is 45.2 Å². The van der Waals surface area contributed by atoms with Crippen LogP contribution in [0.1, 0.15) is 16.6 Å². The Morgan fingerprint density at radius 3 is 2.08 bits per heavy atom. The van der Waals surface area contributed by atoms with Crippen molar-refractivity contribution in [1.29, 1.82) is 0 Å². The number of benzene rings is 2. The Morgan fingerprint density at radius 1 is 0.875 bits per heavy atom. The lowest BCUT2D eigenvalue weighted by Gasteiger charge is -2.22. The van der Waals surface area contributed by atoms with Crippen LogP contribution < -0.4 is 21.3 Å². The molecular weight excluding hydrogens is 732 g/mol. The molecule has 1 aromatic heterocycles. The molecule has 6 N–H and O–H groups in total. The van der Waals surface area contributed by atoms with E-state index in [9.17, 15) is 57.3 Å². The molecule has 2 aromatic carbocycles. The number of ether oxygens (including phenoxy) is 3. The zero-order valence-corrected chi connectivity index (χ0v) is 27.6. The van der Waals surface area contributed by atoms with Crippen LogP contribution in [0, 0.1) is 0 Å². The molecular formula is C23H26N2O19P4. The summed E-state index contributed by atoms with van der Waals surface area (Å²) in [6.07, 6.45) is -6.07. The molecule has 1 aliphatic rings. The quantitative estimate of drug-likeness (QED) is 0.0983. The number of aliphatic hydroxyl groups excluding tert-OH is 1. The van der Waals surface area contributed by atoms with E-state index in [1.54, 1.807) is 6.07 Å². The molecule has 1 aliphatic heterocycles. The summed E-state index contributed by atoms with van der Waals surface area (Å²) in [6, 6.07) is 12.6. The van der Waals surface area contributed by atoms with Crippen molar-refractivity contribution < 1.29 is 79.4 Å². The van der Waals surface area contributed by atoms with Gasteiger partial charge in [-0.2, -0.15) is 8.62 Å². The lowest BCUT2D eigenvalue weighted by atomic mass is 10.1. The van der Waals surface area contributed by atoms with Gasteiger partial charge in [-0.1, -0.05) is 18.2 Å². The van der Waals surface area contributed by atoms with Crippen LogP contribution in [0.5, 0.6) is 5.75 Å². The minimum atomic E-state index is -6.12. The van der Waals surface area contributed by atoms with E-state index < -0.39 is 84.7 Å². The molecule has 262 valence electrons. The predicted octanol–water partition coefficient (Wildman–Crippen LogP) is 0.908. The third-order valence-corrected chi connectivity index (χ3v) is 12.6. The SMILES string of the molecule is COc1ccc(P(=O)(O)OP(=O)(O)OP(=O)(O)OP(=O)(O)OCC2OC(n3ccc(=O)[nH]c3=O)C(OC(=O)c3ccccc3)C2O)cc1. The molecule has 21 nitrogen and oxygen atoms in total. The fraction of sp³-hybridized carbons (Fsp3) is 0.261. The van der Waals surface area contributed by atoms with Gasteiger partial charge in [0.05, 0.1) is 24.6 Å². The number of hydrogen-bond acceptors (Lipinski definition) is 15. The number of hydrogen-bond donors (Lipinski definition) is 6. The number of methoxy groups -OCH3 is 1. The number of carbonyl (C=O) groups is 1. The maximum absolute atomic E-state index is 12.7. The van der Waals surface area contributed by atoms with Crippen molar-refractivity contribution in [3.8, 4) is 5.75 Å². The van der Waals surface area contributed by atoms with Crippen molar-refractivity contribution in [2.75, 3.05) is 13.7 Å². The zero-order chi connectivity index (χ0) is 35.5. The zero-order valence-electron chi connectivity index (χ0n) is 24.1. The van der Waals surface area contributed by atoms with E-state index in [0.29, 0.717) is 0 Å². The third-order valence-electron chi connectivity index (χ3n) is 6.12. The first-order valence-electron chi connectivity index (χ1n) is 13.0. The maximum atomic E-state index is 12.7. The predicted molar refractivity (Wildman–Crippen MR) is 158 cm³/mol. The monoisotopic (exact) mass is 758 g/mol. The Labute approximate surface area is 268 Å². The molecule has 8 unspecified atom stereocenters. The fourth-order valence-electron chi connectivity index (χ4n) is 4.04. The van der Waals surface area contributed by atoms with Gasteiger partial charge >= 0.3 is 42.7 Å². The first-order valence-corrected chi connectivity index (χ1v) is 19.0. The minimum Gasteiger partial charge on any atom is -0.497 e. The molecule has 0 spiro atoms. The van der Waals surface area contributed by atoms with Crippen LogP contribution in [0.2, 0.25) is 0 Å². The first-order chi connectivity index (χ1) is 22.3. The molecule has 1 fully saturated rings. The summed E-state index contributed by atoms with van der Waals surface area (Å²) in [5.41, 5.74) is -1.84. The highest BCUT2D eigenvalue weighted by Crippen LogP contribution is 2.71. The number of aromatic nitrogens is 2. The number of carbonyl (C=O) groups excluding carboxylic acids is 1. The lowest BCUT2D eigenvalue weighted by Crippen LogP contribution is -2.40. The van der Waals surface area contributed by atoms with Crippen LogP contribution in [0.3, 0.4) is 0 Å². The average molecular weight is 758 g/mol. The molecule has 2 heterocycles. The summed E-state index contributed by atoms with van der Waals surface area (Å²) in [7, 11) is -21.8. The molecule has 48 heavy (non-hydrogen) atoms. The van der Waals surface area contributed by atoms with Crippen molar-refractivity contribution in [2.24, 2.45) is 0 Å². The Kier molecular flexibility index (Phi) is 11.6. The van der Waals surface area contributed by atoms with E-state index in [2.05, 4.69) is 17.5 Å². The molecule has 4 rings (SSSR count). The second-order valence-electron chi connectivity index (χ2n) is 9.47. The maximum Gasteiger partial charge on any atom is 0.490 e. The lowest BCUT2D eigenvalue weighted by molar-refractivity contribution is -0.0597. The second kappa shape index (κ2) is 14.8. The molecule has 8 atom stereocenters. The average Bonchev–Trinajstić information content (AvgIpc) is 3.29. The first kappa shape index (κ1) is 37.7. The van der Waals surface area contributed by atoms with Crippen molar-refractivity contribution in [3.05, 3.63) is 93.3 Å². The van der Waals surface area contributed by atoms with Gasteiger partial charge in [0.1, 0.15) is 18.0 Å². The number of nitrogens with zero attached hydrogens (tertiary/aromatic N) is 1. The molecule has 1 saturated heterocycles. The van der Waals surface area contributed by atoms with Crippen LogP contribution in [0.15, 0.2) is 76.4 Å². The number of nitrogens with one attached hydrogen (secondary N) is 1. The number of H-pyrrole nitrogens is 1. The van der Waals surface area contributed by atoms with Gasteiger partial charge < -0.3 is 38.9 Å². The highest BCUT2D eigenvalue weighted by Gasteiger charge is 2.50. The number of phosphoric acid groups is 3. The van der Waals surface area contributed by atoms with Crippen molar-refractivity contribution in [2.45, 2.75) is 24.5 Å². The molecule has 0 bridgehead atoms. The van der Waals surface area contributed by atoms with E-state index >= 15 is 0 Å². The van der Waals surface area contributed by atoms with Crippen molar-refractivity contribution >= 4 is 42.3 Å². The number of phosphoric ester groups is 1. The van der Waals surface area contributed by atoms with E-state index in [4.69, 9.17) is 14.2 Å². The largest absolute Gasteiger partial charge is 0.497 e. The minimum absolute atomic E-state index is 0.0237. The summed E-state index contributed by atoms with van der Waals surface area (Å²) in [4.78, 5) is 78.4. The Bertz CT molecular complexity index is 1930. The summed E-state index contributed by atoms with van der Waals surface area (Å²) in [5.74, 6) is -0.758. The summed E-state index contributed by atoms with van der Waals surface area (Å²) in [6.45, 7) is -1.18.